The number of amides is 1. The Hall–Kier alpha value is -1.51. The van der Waals surface area contributed by atoms with Gasteiger partial charge in [0.05, 0.1) is 0 Å². The molecule has 0 N–H and O–H groups in total. The highest BCUT2D eigenvalue weighted by atomic mass is 16.3. The molecule has 1 aromatic rings. The van der Waals surface area contributed by atoms with Crippen LogP contribution >= 0.6 is 0 Å². The van der Waals surface area contributed by atoms with Gasteiger partial charge < -0.3 is 9.32 Å². The lowest BCUT2D eigenvalue weighted by Gasteiger charge is -2.21. The van der Waals surface area contributed by atoms with Crippen LogP contribution in [0.1, 0.15) is 76.7 Å². The van der Waals surface area contributed by atoms with Crippen LogP contribution in [0.15, 0.2) is 22.6 Å². The molecular formula is C20H33NO2. The molecule has 3 nitrogen and oxygen atoms in total. The fourth-order valence-electron chi connectivity index (χ4n) is 2.59. The fraction of sp³-hybridized carbons (Fsp3) is 0.650. The van der Waals surface area contributed by atoms with Crippen LogP contribution in [0.4, 0.5) is 0 Å². The Balaban J connectivity index is 2.49. The highest BCUT2D eigenvalue weighted by Crippen LogP contribution is 2.10. The van der Waals surface area contributed by atoms with Crippen LogP contribution in [0.3, 0.4) is 0 Å². The molecule has 0 aliphatic carbocycles. The van der Waals surface area contributed by atoms with Gasteiger partial charge in [-0.1, -0.05) is 52.4 Å². The summed E-state index contributed by atoms with van der Waals surface area (Å²) in [6.45, 7) is 8.06. The minimum atomic E-state index is 0.104. The van der Waals surface area contributed by atoms with Gasteiger partial charge in [-0.2, -0.15) is 0 Å². The zero-order valence-corrected chi connectivity index (χ0v) is 15.1. The van der Waals surface area contributed by atoms with Crippen molar-refractivity contribution in [2.75, 3.05) is 13.1 Å². The Bertz CT molecular complexity index is 450. The van der Waals surface area contributed by atoms with Gasteiger partial charge in [-0.15, -0.1) is 0 Å². The van der Waals surface area contributed by atoms with E-state index >= 15 is 0 Å². The summed E-state index contributed by atoms with van der Waals surface area (Å²) in [6.07, 6.45) is 13.0. The molecule has 0 aliphatic rings. The molecular weight excluding hydrogens is 286 g/mol. The van der Waals surface area contributed by atoms with E-state index in [9.17, 15) is 4.79 Å². The summed E-state index contributed by atoms with van der Waals surface area (Å²) in [5.41, 5.74) is 0. The molecule has 1 amide bonds. The van der Waals surface area contributed by atoms with Gasteiger partial charge in [0.2, 0.25) is 5.91 Å². The van der Waals surface area contributed by atoms with Crippen molar-refractivity contribution in [2.24, 2.45) is 0 Å². The zero-order valence-electron chi connectivity index (χ0n) is 15.1. The number of nitrogens with zero attached hydrogens (tertiary/aromatic N) is 1. The molecule has 0 bridgehead atoms. The normalized spacial score (nSPS) is 11.3. The van der Waals surface area contributed by atoms with Gasteiger partial charge in [-0.3, -0.25) is 4.79 Å². The molecule has 0 aliphatic heterocycles. The number of furan rings is 1. The minimum absolute atomic E-state index is 0.104. The van der Waals surface area contributed by atoms with Crippen LogP contribution in [0.25, 0.3) is 6.08 Å². The summed E-state index contributed by atoms with van der Waals surface area (Å²) < 4.78 is 5.48. The molecule has 0 saturated heterocycles. The van der Waals surface area contributed by atoms with E-state index in [4.69, 9.17) is 4.42 Å². The first kappa shape index (κ1) is 19.5. The van der Waals surface area contributed by atoms with E-state index in [0.29, 0.717) is 0 Å². The maximum Gasteiger partial charge on any atom is 0.246 e. The molecule has 0 saturated carbocycles. The molecule has 130 valence electrons. The van der Waals surface area contributed by atoms with Crippen molar-refractivity contribution in [2.45, 2.75) is 72.1 Å². The smallest absolute Gasteiger partial charge is 0.246 e. The Morgan fingerprint density at radius 3 is 2.09 bits per heavy atom. The van der Waals surface area contributed by atoms with Gasteiger partial charge >= 0.3 is 0 Å². The van der Waals surface area contributed by atoms with E-state index in [0.717, 1.165) is 37.5 Å². The number of hydrogen-bond acceptors (Lipinski definition) is 2. The standard InChI is InChI=1S/C20H33NO2/c1-4-6-8-10-16-21(17-11-9-7-5-2)20(22)15-14-19-13-12-18(3)23-19/h12-15H,4-11,16-17H2,1-3H3. The molecule has 0 atom stereocenters. The van der Waals surface area contributed by atoms with Gasteiger partial charge in [0.15, 0.2) is 0 Å². The number of carbonyl (C=O) groups excluding carboxylic acids is 1. The molecule has 0 fully saturated rings. The van der Waals surface area contributed by atoms with Crippen molar-refractivity contribution in [3.8, 4) is 0 Å². The maximum atomic E-state index is 12.4. The lowest BCUT2D eigenvalue weighted by Crippen LogP contribution is -2.31. The number of carbonyl (C=O) groups is 1. The van der Waals surface area contributed by atoms with Crippen molar-refractivity contribution in [1.29, 1.82) is 0 Å². The third-order valence-electron chi connectivity index (χ3n) is 4.03. The first-order valence-electron chi connectivity index (χ1n) is 9.20. The molecule has 0 radical (unpaired) electrons. The lowest BCUT2D eigenvalue weighted by molar-refractivity contribution is -0.126. The van der Waals surface area contributed by atoms with Gasteiger partial charge in [-0.05, 0) is 38.0 Å². The number of unbranched alkanes of at least 4 members (excludes halogenated alkanes) is 6. The molecule has 1 aromatic heterocycles. The maximum absolute atomic E-state index is 12.4. The minimum Gasteiger partial charge on any atom is -0.462 e. The Labute approximate surface area is 141 Å². The van der Waals surface area contributed by atoms with E-state index < -0.39 is 0 Å². The monoisotopic (exact) mass is 319 g/mol. The second-order valence-electron chi connectivity index (χ2n) is 6.23. The Morgan fingerprint density at radius 1 is 1.00 bits per heavy atom. The predicted octanol–water partition coefficient (Wildman–Crippen LogP) is 5.59. The average molecular weight is 319 g/mol. The topological polar surface area (TPSA) is 33.5 Å². The number of hydrogen-bond donors (Lipinski definition) is 0. The van der Waals surface area contributed by atoms with Crippen LogP contribution in [0, 0.1) is 6.92 Å². The van der Waals surface area contributed by atoms with Crippen molar-refractivity contribution in [3.05, 3.63) is 29.7 Å². The van der Waals surface area contributed by atoms with Crippen LogP contribution in [0.2, 0.25) is 0 Å². The first-order chi connectivity index (χ1) is 11.2. The van der Waals surface area contributed by atoms with E-state index in [-0.39, 0.29) is 5.91 Å². The quantitative estimate of drug-likeness (QED) is 0.371. The second-order valence-corrected chi connectivity index (χ2v) is 6.23. The summed E-state index contributed by atoms with van der Waals surface area (Å²) in [4.78, 5) is 14.4. The van der Waals surface area contributed by atoms with Crippen molar-refractivity contribution >= 4 is 12.0 Å². The van der Waals surface area contributed by atoms with Crippen molar-refractivity contribution in [1.82, 2.24) is 4.90 Å². The number of rotatable bonds is 12. The summed E-state index contributed by atoms with van der Waals surface area (Å²) >= 11 is 0. The van der Waals surface area contributed by atoms with Crippen LogP contribution in [-0.2, 0) is 4.79 Å². The third-order valence-corrected chi connectivity index (χ3v) is 4.03. The van der Waals surface area contributed by atoms with Crippen molar-refractivity contribution < 1.29 is 9.21 Å². The molecule has 0 unspecified atom stereocenters. The van der Waals surface area contributed by atoms with E-state index in [2.05, 4.69) is 13.8 Å². The second kappa shape index (κ2) is 12.0. The lowest BCUT2D eigenvalue weighted by atomic mass is 10.1. The predicted molar refractivity (Wildman–Crippen MR) is 97.3 cm³/mol. The Morgan fingerprint density at radius 2 is 1.61 bits per heavy atom. The van der Waals surface area contributed by atoms with E-state index in [1.54, 1.807) is 12.2 Å². The molecule has 23 heavy (non-hydrogen) atoms. The Kier molecular flexibility index (Phi) is 10.2. The fourth-order valence-corrected chi connectivity index (χ4v) is 2.59. The summed E-state index contributed by atoms with van der Waals surface area (Å²) in [5, 5.41) is 0. The molecule has 0 aromatic carbocycles. The van der Waals surface area contributed by atoms with Gasteiger partial charge in [0.25, 0.3) is 0 Å². The van der Waals surface area contributed by atoms with Crippen LogP contribution in [-0.4, -0.2) is 23.9 Å². The van der Waals surface area contributed by atoms with Gasteiger partial charge in [0, 0.05) is 19.2 Å². The van der Waals surface area contributed by atoms with Crippen LogP contribution in [0.5, 0.6) is 0 Å². The SMILES string of the molecule is CCCCCCN(CCCCCC)C(=O)C=Cc1ccc(C)o1. The molecule has 3 heteroatoms. The highest BCUT2D eigenvalue weighted by Gasteiger charge is 2.10. The largest absolute Gasteiger partial charge is 0.462 e. The highest BCUT2D eigenvalue weighted by molar-refractivity contribution is 5.91. The first-order valence-corrected chi connectivity index (χ1v) is 9.20. The zero-order chi connectivity index (χ0) is 16.9. The third kappa shape index (κ3) is 8.63. The van der Waals surface area contributed by atoms with E-state index in [1.807, 2.05) is 24.0 Å². The van der Waals surface area contributed by atoms with Gasteiger partial charge in [-0.25, -0.2) is 0 Å². The van der Waals surface area contributed by atoms with E-state index in [1.165, 1.54) is 38.5 Å². The molecule has 1 heterocycles. The summed E-state index contributed by atoms with van der Waals surface area (Å²) in [6, 6.07) is 3.81. The number of aryl methyl sites for hydroxylation is 1. The van der Waals surface area contributed by atoms with Crippen LogP contribution < -0.4 is 0 Å². The average Bonchev–Trinajstić information content (AvgIpc) is 2.96. The van der Waals surface area contributed by atoms with Gasteiger partial charge in [0.1, 0.15) is 11.5 Å². The molecule has 1 rings (SSSR count). The summed E-state index contributed by atoms with van der Waals surface area (Å²) in [5.74, 6) is 1.72. The van der Waals surface area contributed by atoms with Crippen molar-refractivity contribution in [3.63, 3.8) is 0 Å². The molecule has 0 spiro atoms. The summed E-state index contributed by atoms with van der Waals surface area (Å²) in [7, 11) is 0.